The van der Waals surface area contributed by atoms with Crippen molar-refractivity contribution in [3.05, 3.63) is 0 Å². The minimum absolute atomic E-state index is 0.0177. The Morgan fingerprint density at radius 1 is 1.08 bits per heavy atom. The number of likely N-dealkylation sites (tertiary alicyclic amines) is 2. The third-order valence-electron chi connectivity index (χ3n) is 5.17. The van der Waals surface area contributed by atoms with Gasteiger partial charge in [-0.2, -0.15) is 13.2 Å². The lowest BCUT2D eigenvalue weighted by Gasteiger charge is -2.37. The number of hydrogen-bond donors (Lipinski definition) is 1. The zero-order chi connectivity index (χ0) is 18.6. The van der Waals surface area contributed by atoms with Gasteiger partial charge in [0.15, 0.2) is 0 Å². The summed E-state index contributed by atoms with van der Waals surface area (Å²) >= 11 is 0. The van der Waals surface area contributed by atoms with Gasteiger partial charge in [-0.25, -0.2) is 0 Å². The number of hydrogen-bond acceptors (Lipinski definition) is 3. The first-order valence-electron chi connectivity index (χ1n) is 9.11. The molecule has 2 amide bonds. The SMILES string of the molecule is CC(C)C(CNC(=O)C1CCCN1C(=O)C(F)(F)F)N1CCCCC1. The van der Waals surface area contributed by atoms with E-state index in [1.165, 1.54) is 6.42 Å². The zero-order valence-corrected chi connectivity index (χ0v) is 14.9. The molecule has 25 heavy (non-hydrogen) atoms. The highest BCUT2D eigenvalue weighted by Gasteiger charge is 2.47. The van der Waals surface area contributed by atoms with Gasteiger partial charge in [0.05, 0.1) is 0 Å². The summed E-state index contributed by atoms with van der Waals surface area (Å²) in [6, 6.07) is -0.847. The average molecular weight is 363 g/mol. The maximum absolute atomic E-state index is 12.7. The Morgan fingerprint density at radius 3 is 2.28 bits per heavy atom. The van der Waals surface area contributed by atoms with E-state index in [2.05, 4.69) is 24.1 Å². The molecule has 0 bridgehead atoms. The van der Waals surface area contributed by atoms with E-state index in [1.807, 2.05) is 0 Å². The van der Waals surface area contributed by atoms with Crippen molar-refractivity contribution in [1.29, 1.82) is 0 Å². The quantitative estimate of drug-likeness (QED) is 0.815. The van der Waals surface area contributed by atoms with E-state index in [0.29, 0.717) is 23.8 Å². The standard InChI is InChI=1S/C17H28F3N3O2/c1-12(2)14(22-8-4-3-5-9-22)11-21-15(24)13-7-6-10-23(13)16(25)17(18,19)20/h12-14H,3-11H2,1-2H3,(H,21,24). The third-order valence-corrected chi connectivity index (χ3v) is 5.17. The number of nitrogens with one attached hydrogen (secondary N) is 1. The fourth-order valence-electron chi connectivity index (χ4n) is 3.80. The van der Waals surface area contributed by atoms with Crippen LogP contribution in [0.3, 0.4) is 0 Å². The van der Waals surface area contributed by atoms with Gasteiger partial charge in [-0.1, -0.05) is 20.3 Å². The summed E-state index contributed by atoms with van der Waals surface area (Å²) in [5.74, 6) is -2.06. The average Bonchev–Trinajstić information content (AvgIpc) is 3.03. The molecule has 0 aromatic carbocycles. The van der Waals surface area contributed by atoms with E-state index in [9.17, 15) is 22.8 Å². The van der Waals surface area contributed by atoms with Crippen LogP contribution < -0.4 is 5.32 Å². The monoisotopic (exact) mass is 363 g/mol. The van der Waals surface area contributed by atoms with Crippen LogP contribution in [0, 0.1) is 5.92 Å². The van der Waals surface area contributed by atoms with Crippen LogP contribution in [0.15, 0.2) is 0 Å². The smallest absolute Gasteiger partial charge is 0.353 e. The molecule has 2 aliphatic rings. The van der Waals surface area contributed by atoms with Crippen LogP contribution in [0.2, 0.25) is 0 Å². The summed E-state index contributed by atoms with van der Waals surface area (Å²) in [5.41, 5.74) is 0. The predicted octanol–water partition coefficient (Wildman–Crippen LogP) is 2.17. The lowest BCUT2D eigenvalue weighted by molar-refractivity contribution is -0.186. The molecule has 2 aliphatic heterocycles. The molecule has 8 heteroatoms. The van der Waals surface area contributed by atoms with Crippen LogP contribution in [0.1, 0.15) is 46.0 Å². The predicted molar refractivity (Wildman–Crippen MR) is 87.8 cm³/mol. The molecule has 0 aliphatic carbocycles. The van der Waals surface area contributed by atoms with Gasteiger partial charge < -0.3 is 10.2 Å². The number of alkyl halides is 3. The molecule has 2 fully saturated rings. The molecule has 1 N–H and O–H groups in total. The summed E-state index contributed by atoms with van der Waals surface area (Å²) in [6.45, 7) is 6.53. The van der Waals surface area contributed by atoms with Gasteiger partial charge in [0, 0.05) is 19.1 Å². The number of rotatable bonds is 5. The molecule has 2 atom stereocenters. The van der Waals surface area contributed by atoms with Gasteiger partial charge in [-0.15, -0.1) is 0 Å². The topological polar surface area (TPSA) is 52.7 Å². The Bertz CT molecular complexity index is 476. The Hall–Kier alpha value is -1.31. The van der Waals surface area contributed by atoms with E-state index in [0.717, 1.165) is 25.9 Å². The lowest BCUT2D eigenvalue weighted by Crippen LogP contribution is -2.53. The number of nitrogens with zero attached hydrogens (tertiary/aromatic N) is 2. The van der Waals surface area contributed by atoms with Crippen LogP contribution in [0.5, 0.6) is 0 Å². The van der Waals surface area contributed by atoms with Gasteiger partial charge in [0.1, 0.15) is 6.04 Å². The first-order chi connectivity index (χ1) is 11.7. The Balaban J connectivity index is 1.94. The molecule has 5 nitrogen and oxygen atoms in total. The number of piperidine rings is 1. The molecule has 2 heterocycles. The summed E-state index contributed by atoms with van der Waals surface area (Å²) in [7, 11) is 0. The zero-order valence-electron chi connectivity index (χ0n) is 14.9. The highest BCUT2D eigenvalue weighted by Crippen LogP contribution is 2.26. The molecule has 0 saturated carbocycles. The number of amides is 2. The van der Waals surface area contributed by atoms with Gasteiger partial charge in [0.25, 0.3) is 0 Å². The largest absolute Gasteiger partial charge is 0.471 e. The molecular formula is C17H28F3N3O2. The van der Waals surface area contributed by atoms with E-state index < -0.39 is 24.0 Å². The normalized spacial score (nSPS) is 23.8. The summed E-state index contributed by atoms with van der Waals surface area (Å²) in [5, 5.41) is 2.80. The van der Waals surface area contributed by atoms with Crippen LogP contribution in [-0.2, 0) is 9.59 Å². The van der Waals surface area contributed by atoms with Crippen LogP contribution in [-0.4, -0.2) is 66.1 Å². The van der Waals surface area contributed by atoms with Crippen molar-refractivity contribution in [3.63, 3.8) is 0 Å². The number of carbonyl (C=O) groups excluding carboxylic acids is 2. The summed E-state index contributed by atoms with van der Waals surface area (Å²) in [6.07, 6.45) is -0.758. The van der Waals surface area contributed by atoms with Crippen molar-refractivity contribution in [3.8, 4) is 0 Å². The van der Waals surface area contributed by atoms with Crippen LogP contribution >= 0.6 is 0 Å². The van der Waals surface area contributed by atoms with Crippen molar-refractivity contribution >= 4 is 11.8 Å². The summed E-state index contributed by atoms with van der Waals surface area (Å²) in [4.78, 5) is 26.9. The second-order valence-electron chi connectivity index (χ2n) is 7.31. The van der Waals surface area contributed by atoms with E-state index in [4.69, 9.17) is 0 Å². The number of halogens is 3. The van der Waals surface area contributed by atoms with Crippen molar-refractivity contribution in [2.45, 2.75) is 64.2 Å². The van der Waals surface area contributed by atoms with Crippen molar-refractivity contribution < 1.29 is 22.8 Å². The van der Waals surface area contributed by atoms with Gasteiger partial charge in [-0.05, 0) is 44.7 Å². The van der Waals surface area contributed by atoms with E-state index in [-0.39, 0.29) is 19.0 Å². The van der Waals surface area contributed by atoms with Gasteiger partial charge in [-0.3, -0.25) is 14.5 Å². The Labute approximate surface area is 146 Å². The molecule has 0 radical (unpaired) electrons. The maximum atomic E-state index is 12.7. The minimum Gasteiger partial charge on any atom is -0.353 e. The number of carbonyl (C=O) groups is 2. The lowest BCUT2D eigenvalue weighted by atomic mass is 9.99. The van der Waals surface area contributed by atoms with Crippen molar-refractivity contribution in [2.75, 3.05) is 26.2 Å². The maximum Gasteiger partial charge on any atom is 0.471 e. The molecule has 2 saturated heterocycles. The molecule has 0 spiro atoms. The fourth-order valence-corrected chi connectivity index (χ4v) is 3.80. The third kappa shape index (κ3) is 5.09. The molecule has 2 unspecified atom stereocenters. The highest BCUT2D eigenvalue weighted by atomic mass is 19.4. The van der Waals surface area contributed by atoms with E-state index >= 15 is 0 Å². The van der Waals surface area contributed by atoms with E-state index in [1.54, 1.807) is 0 Å². The molecule has 0 aromatic heterocycles. The van der Waals surface area contributed by atoms with Gasteiger partial charge in [0.2, 0.25) is 5.91 Å². The van der Waals surface area contributed by atoms with Crippen LogP contribution in [0.25, 0.3) is 0 Å². The van der Waals surface area contributed by atoms with Gasteiger partial charge >= 0.3 is 12.1 Å². The Morgan fingerprint density at radius 2 is 1.72 bits per heavy atom. The molecule has 0 aromatic rings. The first kappa shape index (κ1) is 20.0. The molecule has 2 rings (SSSR count). The second kappa shape index (κ2) is 8.38. The van der Waals surface area contributed by atoms with Crippen molar-refractivity contribution in [1.82, 2.24) is 15.1 Å². The highest BCUT2D eigenvalue weighted by molar-refractivity contribution is 5.90. The fraction of sp³-hybridized carbons (Fsp3) is 0.882. The molecular weight excluding hydrogens is 335 g/mol. The minimum atomic E-state index is -4.93. The molecule has 144 valence electrons. The first-order valence-corrected chi connectivity index (χ1v) is 9.11. The van der Waals surface area contributed by atoms with Crippen molar-refractivity contribution in [2.24, 2.45) is 5.92 Å². The Kier molecular flexibility index (Phi) is 6.71. The second-order valence-corrected chi connectivity index (χ2v) is 7.31. The van der Waals surface area contributed by atoms with Crippen LogP contribution in [0.4, 0.5) is 13.2 Å². The summed E-state index contributed by atoms with van der Waals surface area (Å²) < 4.78 is 38.0.